The van der Waals surface area contributed by atoms with Crippen LogP contribution < -0.4 is 10.6 Å². The highest BCUT2D eigenvalue weighted by atomic mass is 35.5. The molecule has 0 radical (unpaired) electrons. The Morgan fingerprint density at radius 1 is 1.16 bits per heavy atom. The molecule has 0 atom stereocenters. The summed E-state index contributed by atoms with van der Waals surface area (Å²) in [5, 5.41) is 23.6. The lowest BCUT2D eigenvalue weighted by Crippen LogP contribution is -2.38. The van der Waals surface area contributed by atoms with Crippen LogP contribution in [0.4, 0.5) is 21.7 Å². The molecule has 13 heteroatoms. The average molecular weight is 532 g/mol. The summed E-state index contributed by atoms with van der Waals surface area (Å²) in [7, 11) is 0. The van der Waals surface area contributed by atoms with Crippen molar-refractivity contribution in [2.75, 3.05) is 56.7 Å². The number of aliphatic hydroxyl groups excluding tert-OH is 1. The third-order valence-electron chi connectivity index (χ3n) is 5.51. The Labute approximate surface area is 218 Å². The van der Waals surface area contributed by atoms with E-state index < -0.39 is 5.82 Å². The minimum absolute atomic E-state index is 0.0460. The van der Waals surface area contributed by atoms with E-state index in [2.05, 4.69) is 35.7 Å². The zero-order valence-corrected chi connectivity index (χ0v) is 20.7. The van der Waals surface area contributed by atoms with Crippen LogP contribution in [-0.2, 0) is 20.9 Å². The van der Waals surface area contributed by atoms with Crippen molar-refractivity contribution in [2.45, 2.75) is 13.0 Å². The van der Waals surface area contributed by atoms with Crippen LogP contribution in [0.5, 0.6) is 0 Å². The van der Waals surface area contributed by atoms with Gasteiger partial charge in [-0.2, -0.15) is 5.10 Å². The molecule has 1 aliphatic heterocycles. The van der Waals surface area contributed by atoms with E-state index >= 15 is 0 Å². The number of carbonyl (C=O) groups excluding carboxylic acids is 1. The average Bonchev–Trinajstić information content (AvgIpc) is 2.90. The second kappa shape index (κ2) is 13.3. The molecule has 0 aliphatic carbocycles. The molecule has 1 fully saturated rings. The Morgan fingerprint density at radius 2 is 1.97 bits per heavy atom. The van der Waals surface area contributed by atoms with E-state index in [-0.39, 0.29) is 37.0 Å². The highest BCUT2D eigenvalue weighted by molar-refractivity contribution is 6.30. The lowest BCUT2D eigenvalue weighted by atomic mass is 10.1. The quantitative estimate of drug-likeness (QED) is 0.317. The van der Waals surface area contributed by atoms with Gasteiger partial charge in [0, 0.05) is 42.7 Å². The normalized spacial score (nSPS) is 13.9. The van der Waals surface area contributed by atoms with E-state index in [1.165, 1.54) is 24.5 Å². The second-order valence-corrected chi connectivity index (χ2v) is 8.59. The number of rotatable bonds is 11. The minimum Gasteiger partial charge on any atom is -0.394 e. The molecule has 3 aromatic rings. The minimum atomic E-state index is -0.502. The van der Waals surface area contributed by atoms with Gasteiger partial charge in [0.1, 0.15) is 29.5 Å². The van der Waals surface area contributed by atoms with Gasteiger partial charge >= 0.3 is 0 Å². The number of benzene rings is 1. The highest BCUT2D eigenvalue weighted by Gasteiger charge is 2.15. The van der Waals surface area contributed by atoms with Gasteiger partial charge in [0.2, 0.25) is 5.91 Å². The van der Waals surface area contributed by atoms with Crippen molar-refractivity contribution in [3.8, 4) is 11.3 Å². The lowest BCUT2D eigenvalue weighted by molar-refractivity contribution is -0.116. The molecule has 37 heavy (non-hydrogen) atoms. The zero-order chi connectivity index (χ0) is 26.0. The number of carbonyl (C=O) groups is 1. The molecule has 0 saturated carbocycles. The summed E-state index contributed by atoms with van der Waals surface area (Å²) < 4.78 is 25.2. The van der Waals surface area contributed by atoms with E-state index in [0.717, 1.165) is 13.1 Å². The summed E-state index contributed by atoms with van der Waals surface area (Å²) in [6.45, 7) is 3.59. The third kappa shape index (κ3) is 7.84. The summed E-state index contributed by atoms with van der Waals surface area (Å²) in [5.74, 6) is 0.0228. The van der Waals surface area contributed by atoms with Crippen LogP contribution in [0.15, 0.2) is 36.7 Å². The van der Waals surface area contributed by atoms with Gasteiger partial charge in [-0.25, -0.2) is 14.4 Å². The van der Waals surface area contributed by atoms with E-state index in [4.69, 9.17) is 26.2 Å². The molecule has 196 valence electrons. The van der Waals surface area contributed by atoms with Crippen molar-refractivity contribution in [2.24, 2.45) is 0 Å². The van der Waals surface area contributed by atoms with Crippen LogP contribution in [0.1, 0.15) is 12.1 Å². The fraction of sp³-hybridized carbons (Fsp3) is 0.375. The van der Waals surface area contributed by atoms with Gasteiger partial charge in [0.25, 0.3) is 0 Å². The number of amides is 1. The van der Waals surface area contributed by atoms with Crippen LogP contribution in [-0.4, -0.2) is 82.1 Å². The number of halogens is 2. The van der Waals surface area contributed by atoms with Crippen LogP contribution in [0.3, 0.4) is 0 Å². The Kier molecular flexibility index (Phi) is 9.63. The molecular weight excluding hydrogens is 505 g/mol. The fourth-order valence-electron chi connectivity index (χ4n) is 3.61. The first-order valence-electron chi connectivity index (χ1n) is 11.7. The van der Waals surface area contributed by atoms with Crippen LogP contribution >= 0.6 is 11.6 Å². The Hall–Kier alpha value is -3.29. The van der Waals surface area contributed by atoms with E-state index in [9.17, 15) is 9.18 Å². The topological polar surface area (TPSA) is 135 Å². The van der Waals surface area contributed by atoms with E-state index in [1.54, 1.807) is 12.1 Å². The number of anilines is 3. The zero-order valence-electron chi connectivity index (χ0n) is 20.0. The molecule has 1 amide bonds. The predicted molar refractivity (Wildman–Crippen MR) is 135 cm³/mol. The number of nitrogens with zero attached hydrogens (tertiary/aromatic N) is 5. The summed E-state index contributed by atoms with van der Waals surface area (Å²) in [4.78, 5) is 22.9. The SMILES string of the molecule is O=C(CCN1CCOCC1)Nc1cc(Nc2cc(-c3cc(Cl)ccc3F)nnc2COCCO)ncn1. The maximum atomic E-state index is 14.4. The van der Waals surface area contributed by atoms with Crippen LogP contribution in [0.25, 0.3) is 11.3 Å². The molecular formula is C24H27ClFN7O4. The molecule has 3 heterocycles. The van der Waals surface area contributed by atoms with Gasteiger partial charge < -0.3 is 25.2 Å². The molecule has 0 unspecified atom stereocenters. The number of aliphatic hydroxyl groups is 1. The van der Waals surface area contributed by atoms with Gasteiger partial charge in [0.15, 0.2) is 0 Å². The molecule has 1 aliphatic rings. The molecule has 0 spiro atoms. The standard InChI is InChI=1S/C24H27ClFN7O4/c25-16-1-2-18(26)17(11-16)19-12-20(21(32-31-19)14-37-10-7-34)29-22-13-23(28-15-27-22)30-24(35)3-4-33-5-8-36-9-6-33/h1-2,11-13,15,34H,3-10,14H2,(H2,27,28,29,30,31,35). The molecule has 4 rings (SSSR count). The maximum absolute atomic E-state index is 14.4. The summed E-state index contributed by atoms with van der Waals surface area (Å²) in [6.07, 6.45) is 1.63. The third-order valence-corrected chi connectivity index (χ3v) is 5.74. The van der Waals surface area contributed by atoms with Gasteiger partial charge in [0.05, 0.1) is 44.4 Å². The van der Waals surface area contributed by atoms with Crippen molar-refractivity contribution >= 4 is 34.8 Å². The van der Waals surface area contributed by atoms with E-state index in [1.807, 2.05) is 0 Å². The van der Waals surface area contributed by atoms with Gasteiger partial charge in [-0.05, 0) is 24.3 Å². The van der Waals surface area contributed by atoms with Gasteiger partial charge in [-0.1, -0.05) is 11.6 Å². The number of hydrogen-bond acceptors (Lipinski definition) is 10. The lowest BCUT2D eigenvalue weighted by Gasteiger charge is -2.26. The van der Waals surface area contributed by atoms with Crippen LogP contribution in [0.2, 0.25) is 5.02 Å². The second-order valence-electron chi connectivity index (χ2n) is 8.16. The summed E-state index contributed by atoms with van der Waals surface area (Å²) in [5.41, 5.74) is 1.29. The largest absolute Gasteiger partial charge is 0.394 e. The predicted octanol–water partition coefficient (Wildman–Crippen LogP) is 2.64. The number of hydrogen-bond donors (Lipinski definition) is 3. The van der Waals surface area contributed by atoms with Crippen molar-refractivity contribution in [1.82, 2.24) is 25.1 Å². The number of morpholine rings is 1. The van der Waals surface area contributed by atoms with Crippen molar-refractivity contribution in [3.63, 3.8) is 0 Å². The maximum Gasteiger partial charge on any atom is 0.226 e. The first kappa shape index (κ1) is 26.8. The Balaban J connectivity index is 1.49. The molecule has 0 bridgehead atoms. The van der Waals surface area contributed by atoms with Crippen LogP contribution in [0, 0.1) is 5.82 Å². The first-order valence-corrected chi connectivity index (χ1v) is 12.1. The van der Waals surface area contributed by atoms with E-state index in [0.29, 0.717) is 54.2 Å². The molecule has 1 aromatic carbocycles. The van der Waals surface area contributed by atoms with Gasteiger partial charge in [-0.15, -0.1) is 5.10 Å². The Morgan fingerprint density at radius 3 is 2.78 bits per heavy atom. The fourth-order valence-corrected chi connectivity index (χ4v) is 3.78. The number of nitrogens with one attached hydrogen (secondary N) is 2. The van der Waals surface area contributed by atoms with Crippen molar-refractivity contribution in [1.29, 1.82) is 0 Å². The number of aromatic nitrogens is 4. The molecule has 1 saturated heterocycles. The molecule has 2 aromatic heterocycles. The van der Waals surface area contributed by atoms with Crippen molar-refractivity contribution < 1.29 is 23.8 Å². The summed E-state index contributed by atoms with van der Waals surface area (Å²) in [6, 6.07) is 7.33. The Bertz CT molecular complexity index is 1210. The first-order chi connectivity index (χ1) is 18.0. The van der Waals surface area contributed by atoms with Crippen molar-refractivity contribution in [3.05, 3.63) is 53.2 Å². The monoisotopic (exact) mass is 531 g/mol. The smallest absolute Gasteiger partial charge is 0.226 e. The highest BCUT2D eigenvalue weighted by Crippen LogP contribution is 2.28. The number of ether oxygens (including phenoxy) is 2. The van der Waals surface area contributed by atoms with Gasteiger partial charge in [-0.3, -0.25) is 9.69 Å². The molecule has 3 N–H and O–H groups in total. The summed E-state index contributed by atoms with van der Waals surface area (Å²) >= 11 is 6.04. The molecule has 11 nitrogen and oxygen atoms in total.